The minimum absolute atomic E-state index is 0.0399. The summed E-state index contributed by atoms with van der Waals surface area (Å²) in [7, 11) is -1.95. The third-order valence-electron chi connectivity index (χ3n) is 3.74. The van der Waals surface area contributed by atoms with Gasteiger partial charge in [0.05, 0.1) is 6.20 Å². The van der Waals surface area contributed by atoms with Gasteiger partial charge in [0.1, 0.15) is 4.90 Å². The molecule has 1 heterocycles. The van der Waals surface area contributed by atoms with E-state index >= 15 is 0 Å². The Balaban J connectivity index is 2.15. The van der Waals surface area contributed by atoms with E-state index in [0.717, 1.165) is 25.7 Å². The van der Waals surface area contributed by atoms with E-state index in [1.165, 1.54) is 16.7 Å². The minimum atomic E-state index is -3.50. The fraction of sp³-hybridized carbons (Fsp3) is 0.727. The van der Waals surface area contributed by atoms with E-state index in [1.807, 2.05) is 0 Å². The third-order valence-corrected chi connectivity index (χ3v) is 5.51. The summed E-state index contributed by atoms with van der Waals surface area (Å²) in [5, 5.41) is 15.7. The van der Waals surface area contributed by atoms with Gasteiger partial charge in [-0.25, -0.2) is 12.7 Å². The summed E-state index contributed by atoms with van der Waals surface area (Å²) in [5.74, 6) is 0. The molecular weight excluding hydrogens is 254 g/mol. The number of aliphatic hydroxyl groups is 1. The highest BCUT2D eigenvalue weighted by Crippen LogP contribution is 2.38. The molecule has 0 bridgehead atoms. The van der Waals surface area contributed by atoms with Gasteiger partial charge in [0, 0.05) is 31.8 Å². The second kappa shape index (κ2) is 4.99. The van der Waals surface area contributed by atoms with Crippen molar-refractivity contribution in [3.05, 3.63) is 12.4 Å². The highest BCUT2D eigenvalue weighted by molar-refractivity contribution is 7.89. The van der Waals surface area contributed by atoms with Gasteiger partial charge in [0.2, 0.25) is 10.0 Å². The molecule has 1 aromatic heterocycles. The van der Waals surface area contributed by atoms with Gasteiger partial charge in [0.15, 0.2) is 0 Å². The summed E-state index contributed by atoms with van der Waals surface area (Å²) in [5.41, 5.74) is -0.272. The van der Waals surface area contributed by atoms with Crippen LogP contribution >= 0.6 is 0 Å². The first-order valence-corrected chi connectivity index (χ1v) is 7.50. The number of sulfonamides is 1. The van der Waals surface area contributed by atoms with Crippen molar-refractivity contribution in [1.82, 2.24) is 14.5 Å². The summed E-state index contributed by atoms with van der Waals surface area (Å²) >= 11 is 0. The molecule has 0 amide bonds. The zero-order valence-electron chi connectivity index (χ0n) is 10.5. The van der Waals surface area contributed by atoms with E-state index < -0.39 is 10.0 Å². The van der Waals surface area contributed by atoms with Gasteiger partial charge in [-0.2, -0.15) is 5.10 Å². The van der Waals surface area contributed by atoms with Crippen LogP contribution in [0.5, 0.6) is 0 Å². The zero-order chi connectivity index (χ0) is 13.2. The standard InChI is InChI=1S/C11H19N3O3S/c1-14(8-11(9-15)4-2-3-5-11)18(16,17)10-6-12-13-7-10/h6-7,15H,2-5,8-9H2,1H3,(H,12,13). The maximum atomic E-state index is 12.2. The molecule has 2 rings (SSSR count). The van der Waals surface area contributed by atoms with Crippen LogP contribution in [0.25, 0.3) is 0 Å². The van der Waals surface area contributed by atoms with Crippen LogP contribution in [0, 0.1) is 5.41 Å². The number of aliphatic hydroxyl groups excluding tert-OH is 1. The topological polar surface area (TPSA) is 86.3 Å². The summed E-state index contributed by atoms with van der Waals surface area (Å²) in [6, 6.07) is 0. The quantitative estimate of drug-likeness (QED) is 0.821. The molecule has 1 aromatic rings. The lowest BCUT2D eigenvalue weighted by Crippen LogP contribution is -2.39. The number of aromatic amines is 1. The van der Waals surface area contributed by atoms with Crippen molar-refractivity contribution < 1.29 is 13.5 Å². The van der Waals surface area contributed by atoms with E-state index in [4.69, 9.17) is 0 Å². The number of H-pyrrole nitrogens is 1. The maximum absolute atomic E-state index is 12.2. The van der Waals surface area contributed by atoms with E-state index in [0.29, 0.717) is 6.54 Å². The van der Waals surface area contributed by atoms with Crippen molar-refractivity contribution >= 4 is 10.0 Å². The van der Waals surface area contributed by atoms with Crippen LogP contribution in [0.15, 0.2) is 17.3 Å². The highest BCUT2D eigenvalue weighted by Gasteiger charge is 2.37. The molecule has 1 aliphatic carbocycles. The SMILES string of the molecule is CN(CC1(CO)CCCC1)S(=O)(=O)c1cn[nH]c1. The zero-order valence-corrected chi connectivity index (χ0v) is 11.3. The lowest BCUT2D eigenvalue weighted by molar-refractivity contribution is 0.112. The summed E-state index contributed by atoms with van der Waals surface area (Å²) < 4.78 is 25.8. The van der Waals surface area contributed by atoms with Gasteiger partial charge < -0.3 is 5.11 Å². The number of nitrogens with one attached hydrogen (secondary N) is 1. The number of rotatable bonds is 5. The van der Waals surface area contributed by atoms with Crippen LogP contribution in [0.1, 0.15) is 25.7 Å². The Hall–Kier alpha value is -0.920. The molecule has 18 heavy (non-hydrogen) atoms. The Kier molecular flexibility index (Phi) is 3.74. The van der Waals surface area contributed by atoms with Crippen molar-refractivity contribution in [3.63, 3.8) is 0 Å². The van der Waals surface area contributed by atoms with Crippen LogP contribution < -0.4 is 0 Å². The van der Waals surface area contributed by atoms with Gasteiger partial charge in [-0.1, -0.05) is 12.8 Å². The average molecular weight is 273 g/mol. The Labute approximate surface area is 107 Å². The molecule has 1 saturated carbocycles. The Bertz CT molecular complexity index is 478. The third kappa shape index (κ3) is 2.43. The summed E-state index contributed by atoms with van der Waals surface area (Å²) in [6.07, 6.45) is 6.54. The van der Waals surface area contributed by atoms with E-state index in [9.17, 15) is 13.5 Å². The second-order valence-corrected chi connectivity index (χ2v) is 7.11. The fourth-order valence-corrected chi connectivity index (χ4v) is 3.80. The number of hydrogen-bond acceptors (Lipinski definition) is 4. The number of nitrogens with zero attached hydrogens (tertiary/aromatic N) is 2. The van der Waals surface area contributed by atoms with Crippen molar-refractivity contribution in [2.24, 2.45) is 5.41 Å². The van der Waals surface area contributed by atoms with E-state index in [1.54, 1.807) is 7.05 Å². The Morgan fingerprint density at radius 1 is 1.50 bits per heavy atom. The van der Waals surface area contributed by atoms with Gasteiger partial charge in [-0.15, -0.1) is 0 Å². The van der Waals surface area contributed by atoms with Gasteiger partial charge in [-0.3, -0.25) is 5.10 Å². The first kappa shape index (κ1) is 13.5. The number of aromatic nitrogens is 2. The number of hydrogen-bond donors (Lipinski definition) is 2. The molecule has 1 fully saturated rings. The monoisotopic (exact) mass is 273 g/mol. The predicted molar refractivity (Wildman–Crippen MR) is 66.4 cm³/mol. The molecule has 2 N–H and O–H groups in total. The lowest BCUT2D eigenvalue weighted by atomic mass is 9.87. The molecule has 6 nitrogen and oxygen atoms in total. The average Bonchev–Trinajstić information content (AvgIpc) is 3.00. The second-order valence-electron chi connectivity index (χ2n) is 5.06. The van der Waals surface area contributed by atoms with E-state index in [-0.39, 0.29) is 16.9 Å². The molecule has 1 aliphatic rings. The first-order valence-electron chi connectivity index (χ1n) is 6.06. The molecular formula is C11H19N3O3S. The van der Waals surface area contributed by atoms with Crippen LogP contribution in [-0.4, -0.2) is 48.2 Å². The molecule has 0 radical (unpaired) electrons. The normalized spacial score (nSPS) is 19.5. The van der Waals surface area contributed by atoms with Gasteiger partial charge >= 0.3 is 0 Å². The van der Waals surface area contributed by atoms with Crippen molar-refractivity contribution in [2.45, 2.75) is 30.6 Å². The first-order chi connectivity index (χ1) is 8.50. The molecule has 0 unspecified atom stereocenters. The molecule has 0 saturated heterocycles. The minimum Gasteiger partial charge on any atom is -0.396 e. The van der Waals surface area contributed by atoms with Crippen molar-refractivity contribution in [2.75, 3.05) is 20.2 Å². The maximum Gasteiger partial charge on any atom is 0.245 e. The van der Waals surface area contributed by atoms with E-state index in [2.05, 4.69) is 10.2 Å². The van der Waals surface area contributed by atoms with Gasteiger partial charge in [-0.05, 0) is 12.8 Å². The summed E-state index contributed by atoms with van der Waals surface area (Å²) in [4.78, 5) is 0.163. The van der Waals surface area contributed by atoms with Gasteiger partial charge in [0.25, 0.3) is 0 Å². The Morgan fingerprint density at radius 3 is 2.67 bits per heavy atom. The van der Waals surface area contributed by atoms with Crippen molar-refractivity contribution in [3.8, 4) is 0 Å². The summed E-state index contributed by atoms with van der Waals surface area (Å²) in [6.45, 7) is 0.398. The van der Waals surface area contributed by atoms with Crippen LogP contribution in [0.2, 0.25) is 0 Å². The predicted octanol–water partition coefficient (Wildman–Crippen LogP) is 0.583. The van der Waals surface area contributed by atoms with Crippen LogP contribution in [0.4, 0.5) is 0 Å². The molecule has 7 heteroatoms. The molecule has 0 aromatic carbocycles. The highest BCUT2D eigenvalue weighted by atomic mass is 32.2. The fourth-order valence-electron chi connectivity index (χ4n) is 2.61. The molecule has 0 spiro atoms. The molecule has 102 valence electrons. The Morgan fingerprint density at radius 2 is 2.17 bits per heavy atom. The smallest absolute Gasteiger partial charge is 0.245 e. The lowest BCUT2D eigenvalue weighted by Gasteiger charge is -2.30. The van der Waals surface area contributed by atoms with Crippen molar-refractivity contribution in [1.29, 1.82) is 0 Å². The molecule has 0 aliphatic heterocycles. The molecule has 0 atom stereocenters. The van der Waals surface area contributed by atoms with Crippen LogP contribution in [-0.2, 0) is 10.0 Å². The largest absolute Gasteiger partial charge is 0.396 e. The van der Waals surface area contributed by atoms with Crippen LogP contribution in [0.3, 0.4) is 0 Å².